The van der Waals surface area contributed by atoms with Gasteiger partial charge in [-0.05, 0) is 36.4 Å². The van der Waals surface area contributed by atoms with Crippen LogP contribution < -0.4 is 11.1 Å². The second-order valence-electron chi connectivity index (χ2n) is 4.32. The normalized spacial score (nSPS) is 10.4. The molecule has 0 aliphatic carbocycles. The van der Waals surface area contributed by atoms with Gasteiger partial charge in [0.25, 0.3) is 5.91 Å². The SMILES string of the molecule is Nc1ccc(C(=O)Nc2cnc3ccccc3n2)cc1. The molecule has 0 bridgehead atoms. The number of nitrogen functional groups attached to an aromatic ring is 1. The molecule has 3 N–H and O–H groups in total. The highest BCUT2D eigenvalue weighted by atomic mass is 16.1. The van der Waals surface area contributed by atoms with E-state index in [4.69, 9.17) is 5.73 Å². The topological polar surface area (TPSA) is 80.9 Å². The largest absolute Gasteiger partial charge is 0.399 e. The van der Waals surface area contributed by atoms with E-state index in [0.29, 0.717) is 17.1 Å². The van der Waals surface area contributed by atoms with Gasteiger partial charge in [0.15, 0.2) is 5.82 Å². The van der Waals surface area contributed by atoms with Crippen molar-refractivity contribution in [3.8, 4) is 0 Å². The van der Waals surface area contributed by atoms with Crippen molar-refractivity contribution in [2.45, 2.75) is 0 Å². The van der Waals surface area contributed by atoms with Crippen molar-refractivity contribution in [1.82, 2.24) is 9.97 Å². The average Bonchev–Trinajstić information content (AvgIpc) is 2.48. The minimum Gasteiger partial charge on any atom is -0.399 e. The van der Waals surface area contributed by atoms with Crippen LogP contribution in [0.4, 0.5) is 11.5 Å². The molecule has 0 saturated heterocycles. The van der Waals surface area contributed by atoms with Gasteiger partial charge < -0.3 is 11.1 Å². The molecule has 0 unspecified atom stereocenters. The Labute approximate surface area is 115 Å². The summed E-state index contributed by atoms with van der Waals surface area (Å²) >= 11 is 0. The van der Waals surface area contributed by atoms with Crippen molar-refractivity contribution in [1.29, 1.82) is 0 Å². The Morgan fingerprint density at radius 3 is 2.45 bits per heavy atom. The molecule has 0 fully saturated rings. The quantitative estimate of drug-likeness (QED) is 0.697. The Hall–Kier alpha value is -2.95. The minimum absolute atomic E-state index is 0.241. The van der Waals surface area contributed by atoms with Crippen LogP contribution in [0.15, 0.2) is 54.7 Å². The Kier molecular flexibility index (Phi) is 3.01. The zero-order chi connectivity index (χ0) is 13.9. The summed E-state index contributed by atoms with van der Waals surface area (Å²) < 4.78 is 0. The third-order valence-electron chi connectivity index (χ3n) is 2.86. The van der Waals surface area contributed by atoms with Crippen LogP contribution >= 0.6 is 0 Å². The highest BCUT2D eigenvalue weighted by Crippen LogP contribution is 2.13. The van der Waals surface area contributed by atoms with Crippen LogP contribution in [0.5, 0.6) is 0 Å². The van der Waals surface area contributed by atoms with E-state index in [2.05, 4.69) is 15.3 Å². The van der Waals surface area contributed by atoms with Gasteiger partial charge in [-0.2, -0.15) is 0 Å². The van der Waals surface area contributed by atoms with Crippen molar-refractivity contribution in [2.24, 2.45) is 0 Å². The first-order chi connectivity index (χ1) is 9.72. The predicted octanol–water partition coefficient (Wildman–Crippen LogP) is 2.46. The van der Waals surface area contributed by atoms with Gasteiger partial charge in [-0.25, -0.2) is 4.98 Å². The summed E-state index contributed by atoms with van der Waals surface area (Å²) in [5, 5.41) is 2.72. The maximum atomic E-state index is 12.0. The maximum absolute atomic E-state index is 12.0. The molecule has 2 aromatic carbocycles. The molecule has 0 atom stereocenters. The van der Waals surface area contributed by atoms with E-state index >= 15 is 0 Å². The number of rotatable bonds is 2. The monoisotopic (exact) mass is 264 g/mol. The Bertz CT molecular complexity index is 768. The van der Waals surface area contributed by atoms with Crippen molar-refractivity contribution >= 4 is 28.4 Å². The number of carbonyl (C=O) groups is 1. The zero-order valence-corrected chi connectivity index (χ0v) is 10.6. The molecule has 0 radical (unpaired) electrons. The maximum Gasteiger partial charge on any atom is 0.256 e. The molecule has 0 saturated carbocycles. The Balaban J connectivity index is 1.85. The number of para-hydroxylation sites is 2. The lowest BCUT2D eigenvalue weighted by Gasteiger charge is -2.05. The highest BCUT2D eigenvalue weighted by Gasteiger charge is 2.07. The Morgan fingerprint density at radius 2 is 1.70 bits per heavy atom. The third kappa shape index (κ3) is 2.42. The molecular formula is C15H12N4O. The number of aromatic nitrogens is 2. The van der Waals surface area contributed by atoms with Crippen LogP contribution in [-0.4, -0.2) is 15.9 Å². The van der Waals surface area contributed by atoms with Crippen LogP contribution in [0.2, 0.25) is 0 Å². The second kappa shape index (κ2) is 4.97. The molecule has 1 aromatic heterocycles. The summed E-state index contributed by atoms with van der Waals surface area (Å²) in [6, 6.07) is 14.2. The molecule has 3 aromatic rings. The first-order valence-electron chi connectivity index (χ1n) is 6.11. The van der Waals surface area contributed by atoms with Crippen molar-refractivity contribution in [2.75, 3.05) is 11.1 Å². The number of hydrogen-bond donors (Lipinski definition) is 2. The number of nitrogens with one attached hydrogen (secondary N) is 1. The first kappa shape index (κ1) is 12.1. The van der Waals surface area contributed by atoms with Crippen molar-refractivity contribution in [3.63, 3.8) is 0 Å². The van der Waals surface area contributed by atoms with Crippen LogP contribution in [0, 0.1) is 0 Å². The summed E-state index contributed by atoms with van der Waals surface area (Å²) in [5.41, 5.74) is 8.26. The number of benzene rings is 2. The molecule has 0 spiro atoms. The summed E-state index contributed by atoms with van der Waals surface area (Å²) in [7, 11) is 0. The summed E-state index contributed by atoms with van der Waals surface area (Å²) in [4.78, 5) is 20.6. The van der Waals surface area contributed by atoms with Gasteiger partial charge in [0.2, 0.25) is 0 Å². The highest BCUT2D eigenvalue weighted by molar-refractivity contribution is 6.04. The molecule has 0 aliphatic heterocycles. The zero-order valence-electron chi connectivity index (χ0n) is 10.6. The number of amides is 1. The predicted molar refractivity (Wildman–Crippen MR) is 78.3 cm³/mol. The number of anilines is 2. The number of carbonyl (C=O) groups excluding carboxylic acids is 1. The van der Waals surface area contributed by atoms with Gasteiger partial charge in [-0.3, -0.25) is 9.78 Å². The first-order valence-corrected chi connectivity index (χ1v) is 6.11. The van der Waals surface area contributed by atoms with Gasteiger partial charge >= 0.3 is 0 Å². The van der Waals surface area contributed by atoms with Gasteiger partial charge in [-0.1, -0.05) is 12.1 Å². The fraction of sp³-hybridized carbons (Fsp3) is 0. The molecule has 5 nitrogen and oxygen atoms in total. The lowest BCUT2D eigenvalue weighted by Crippen LogP contribution is -2.13. The fourth-order valence-corrected chi connectivity index (χ4v) is 1.84. The number of nitrogens with two attached hydrogens (primary N) is 1. The van der Waals surface area contributed by atoms with E-state index in [9.17, 15) is 4.79 Å². The third-order valence-corrected chi connectivity index (χ3v) is 2.86. The second-order valence-corrected chi connectivity index (χ2v) is 4.32. The van der Waals surface area contributed by atoms with Gasteiger partial charge in [0, 0.05) is 11.3 Å². The van der Waals surface area contributed by atoms with E-state index in [1.54, 1.807) is 24.3 Å². The number of hydrogen-bond acceptors (Lipinski definition) is 4. The van der Waals surface area contributed by atoms with Crippen LogP contribution in [0.25, 0.3) is 11.0 Å². The average molecular weight is 264 g/mol. The molecule has 1 amide bonds. The van der Waals surface area contributed by atoms with Crippen molar-refractivity contribution < 1.29 is 4.79 Å². The van der Waals surface area contributed by atoms with Gasteiger partial charge in [-0.15, -0.1) is 0 Å². The fourth-order valence-electron chi connectivity index (χ4n) is 1.84. The van der Waals surface area contributed by atoms with E-state index in [-0.39, 0.29) is 5.91 Å². The summed E-state index contributed by atoms with van der Waals surface area (Å²) in [6.45, 7) is 0. The van der Waals surface area contributed by atoms with E-state index in [1.807, 2.05) is 24.3 Å². The van der Waals surface area contributed by atoms with E-state index in [1.165, 1.54) is 6.20 Å². The number of nitrogens with zero attached hydrogens (tertiary/aromatic N) is 2. The van der Waals surface area contributed by atoms with Crippen LogP contribution in [0.3, 0.4) is 0 Å². The molecule has 5 heteroatoms. The molecular weight excluding hydrogens is 252 g/mol. The van der Waals surface area contributed by atoms with E-state index in [0.717, 1.165) is 11.0 Å². The molecule has 20 heavy (non-hydrogen) atoms. The van der Waals surface area contributed by atoms with Gasteiger partial charge in [0.05, 0.1) is 17.2 Å². The van der Waals surface area contributed by atoms with Crippen LogP contribution in [-0.2, 0) is 0 Å². The lowest BCUT2D eigenvalue weighted by atomic mass is 10.2. The molecule has 98 valence electrons. The minimum atomic E-state index is -0.241. The number of fused-ring (bicyclic) bond motifs is 1. The van der Waals surface area contributed by atoms with Gasteiger partial charge in [0.1, 0.15) is 0 Å². The van der Waals surface area contributed by atoms with E-state index < -0.39 is 0 Å². The summed E-state index contributed by atoms with van der Waals surface area (Å²) in [6.07, 6.45) is 1.54. The Morgan fingerprint density at radius 1 is 1.00 bits per heavy atom. The van der Waals surface area contributed by atoms with Crippen molar-refractivity contribution in [3.05, 3.63) is 60.3 Å². The lowest BCUT2D eigenvalue weighted by molar-refractivity contribution is 0.102. The smallest absolute Gasteiger partial charge is 0.256 e. The van der Waals surface area contributed by atoms with Crippen LogP contribution in [0.1, 0.15) is 10.4 Å². The molecule has 0 aliphatic rings. The molecule has 3 rings (SSSR count). The summed E-state index contributed by atoms with van der Waals surface area (Å²) in [5.74, 6) is 0.181. The standard InChI is InChI=1S/C15H12N4O/c16-11-7-5-10(6-8-11)15(20)19-14-9-17-12-3-1-2-4-13(12)18-14/h1-9H,16H2,(H,18,19,20). The molecule has 1 heterocycles.